The van der Waals surface area contributed by atoms with Crippen LogP contribution in [0.15, 0.2) is 24.5 Å². The van der Waals surface area contributed by atoms with E-state index in [9.17, 15) is 4.79 Å². The van der Waals surface area contributed by atoms with E-state index in [1.807, 2.05) is 12.1 Å². The maximum Gasteiger partial charge on any atom is 0.307 e. The second kappa shape index (κ2) is 2.90. The molecule has 0 saturated carbocycles. The molecule has 0 atom stereocenters. The Bertz CT molecular complexity index is 448. The average Bonchev–Trinajstić information content (AvgIpc) is 2.49. The summed E-state index contributed by atoms with van der Waals surface area (Å²) in [5, 5.41) is 9.50. The Morgan fingerprint density at radius 2 is 2.46 bits per heavy atom. The maximum absolute atomic E-state index is 10.4. The highest BCUT2D eigenvalue weighted by molar-refractivity contribution is 5.78. The molecule has 0 bridgehead atoms. The molecular weight excluding hydrogens is 168 g/mol. The number of hydrogen-bond donors (Lipinski definition) is 2. The smallest absolute Gasteiger partial charge is 0.307 e. The molecule has 2 aromatic rings. The number of carbonyl (C=O) groups is 1. The summed E-state index contributed by atoms with van der Waals surface area (Å²) in [6, 6.07) is 3.70. The Balaban J connectivity index is 2.42. The quantitative estimate of drug-likeness (QED) is 0.722. The summed E-state index contributed by atoms with van der Waals surface area (Å²) in [6.07, 6.45) is 3.38. The second-order valence-corrected chi connectivity index (χ2v) is 2.83. The van der Waals surface area contributed by atoms with Crippen LogP contribution < -0.4 is 0 Å². The number of hydrogen-bond acceptors (Lipinski definition) is 2. The molecule has 0 fully saturated rings. The molecule has 0 aromatic carbocycles. The third-order valence-electron chi connectivity index (χ3n) is 1.81. The van der Waals surface area contributed by atoms with Crippen LogP contribution in [-0.4, -0.2) is 21.0 Å². The Hall–Kier alpha value is -1.84. The van der Waals surface area contributed by atoms with Gasteiger partial charge in [0.1, 0.15) is 5.65 Å². The third-order valence-corrected chi connectivity index (χ3v) is 1.81. The molecule has 2 rings (SSSR count). The molecule has 0 amide bonds. The van der Waals surface area contributed by atoms with Crippen LogP contribution in [-0.2, 0) is 11.2 Å². The van der Waals surface area contributed by atoms with Crippen LogP contribution in [0.4, 0.5) is 0 Å². The molecule has 0 spiro atoms. The van der Waals surface area contributed by atoms with Crippen LogP contribution in [0.3, 0.4) is 0 Å². The first-order valence-electron chi connectivity index (χ1n) is 3.89. The first-order valence-corrected chi connectivity index (χ1v) is 3.89. The van der Waals surface area contributed by atoms with Crippen LogP contribution in [0.1, 0.15) is 5.56 Å². The zero-order chi connectivity index (χ0) is 9.26. The summed E-state index contributed by atoms with van der Waals surface area (Å²) in [5.74, 6) is -0.836. The minimum Gasteiger partial charge on any atom is -0.481 e. The fourth-order valence-electron chi connectivity index (χ4n) is 1.26. The van der Waals surface area contributed by atoms with Crippen molar-refractivity contribution in [3.05, 3.63) is 30.1 Å². The Morgan fingerprint density at radius 3 is 3.23 bits per heavy atom. The number of aromatic amines is 1. The third kappa shape index (κ3) is 1.51. The maximum atomic E-state index is 10.4. The Kier molecular flexibility index (Phi) is 1.73. The summed E-state index contributed by atoms with van der Waals surface area (Å²) in [6.45, 7) is 0. The van der Waals surface area contributed by atoms with Gasteiger partial charge in [0.05, 0.1) is 6.42 Å². The van der Waals surface area contributed by atoms with Crippen molar-refractivity contribution >= 4 is 17.0 Å². The summed E-state index contributed by atoms with van der Waals surface area (Å²) in [5.41, 5.74) is 1.51. The van der Waals surface area contributed by atoms with E-state index >= 15 is 0 Å². The van der Waals surface area contributed by atoms with E-state index in [-0.39, 0.29) is 6.42 Å². The minimum atomic E-state index is -0.836. The number of pyridine rings is 1. The van der Waals surface area contributed by atoms with E-state index in [4.69, 9.17) is 5.11 Å². The molecule has 66 valence electrons. The molecule has 2 N–H and O–H groups in total. The van der Waals surface area contributed by atoms with Crippen molar-refractivity contribution in [1.82, 2.24) is 9.97 Å². The number of aromatic nitrogens is 2. The summed E-state index contributed by atoms with van der Waals surface area (Å²) >= 11 is 0. The number of H-pyrrole nitrogens is 1. The predicted octanol–water partition coefficient (Wildman–Crippen LogP) is 1.19. The molecule has 4 heteroatoms. The number of rotatable bonds is 2. The number of carboxylic acid groups (broad SMARTS) is 1. The molecular formula is C9H8N2O2. The van der Waals surface area contributed by atoms with Crippen molar-refractivity contribution in [2.24, 2.45) is 0 Å². The fourth-order valence-corrected chi connectivity index (χ4v) is 1.26. The first kappa shape index (κ1) is 7.79. The molecule has 0 aliphatic rings. The van der Waals surface area contributed by atoms with E-state index in [0.717, 1.165) is 16.6 Å². The van der Waals surface area contributed by atoms with Gasteiger partial charge in [-0.05, 0) is 17.7 Å². The van der Waals surface area contributed by atoms with Gasteiger partial charge >= 0.3 is 5.97 Å². The number of nitrogens with one attached hydrogen (secondary N) is 1. The average molecular weight is 176 g/mol. The van der Waals surface area contributed by atoms with E-state index in [2.05, 4.69) is 9.97 Å². The summed E-state index contributed by atoms with van der Waals surface area (Å²) < 4.78 is 0. The molecule has 4 nitrogen and oxygen atoms in total. The summed E-state index contributed by atoms with van der Waals surface area (Å²) in [4.78, 5) is 17.4. The summed E-state index contributed by atoms with van der Waals surface area (Å²) in [7, 11) is 0. The van der Waals surface area contributed by atoms with Gasteiger partial charge in [0.2, 0.25) is 0 Å². The SMILES string of the molecule is O=C(O)Cc1cnc2[nH]ccc2c1. The number of nitrogens with zero attached hydrogens (tertiary/aromatic N) is 1. The van der Waals surface area contributed by atoms with Crippen LogP contribution in [0, 0.1) is 0 Å². The molecule has 0 unspecified atom stereocenters. The lowest BCUT2D eigenvalue weighted by Gasteiger charge is -1.95. The van der Waals surface area contributed by atoms with Crippen LogP contribution in [0.5, 0.6) is 0 Å². The molecule has 0 radical (unpaired) electrons. The molecule has 0 aliphatic carbocycles. The highest BCUT2D eigenvalue weighted by Gasteiger charge is 2.02. The van der Waals surface area contributed by atoms with E-state index in [1.165, 1.54) is 0 Å². The number of carboxylic acids is 1. The van der Waals surface area contributed by atoms with Gasteiger partial charge in [-0.1, -0.05) is 0 Å². The van der Waals surface area contributed by atoms with Crippen LogP contribution in [0.25, 0.3) is 11.0 Å². The standard InChI is InChI=1S/C9H8N2O2/c12-8(13)4-6-3-7-1-2-10-9(7)11-5-6/h1-3,5H,4H2,(H,10,11)(H,12,13). The van der Waals surface area contributed by atoms with Crippen molar-refractivity contribution in [3.8, 4) is 0 Å². The zero-order valence-electron chi connectivity index (χ0n) is 6.82. The normalized spacial score (nSPS) is 10.5. The molecule has 13 heavy (non-hydrogen) atoms. The minimum absolute atomic E-state index is 0.0219. The highest BCUT2D eigenvalue weighted by Crippen LogP contribution is 2.11. The van der Waals surface area contributed by atoms with Gasteiger partial charge < -0.3 is 10.1 Å². The largest absolute Gasteiger partial charge is 0.481 e. The van der Waals surface area contributed by atoms with Gasteiger partial charge in [-0.15, -0.1) is 0 Å². The number of aliphatic carboxylic acids is 1. The molecule has 0 aliphatic heterocycles. The van der Waals surface area contributed by atoms with Crippen molar-refractivity contribution in [2.45, 2.75) is 6.42 Å². The highest BCUT2D eigenvalue weighted by atomic mass is 16.4. The lowest BCUT2D eigenvalue weighted by atomic mass is 10.2. The van der Waals surface area contributed by atoms with E-state index < -0.39 is 5.97 Å². The fraction of sp³-hybridized carbons (Fsp3) is 0.111. The monoisotopic (exact) mass is 176 g/mol. The van der Waals surface area contributed by atoms with Crippen LogP contribution in [0.2, 0.25) is 0 Å². The van der Waals surface area contributed by atoms with Gasteiger partial charge in [0.25, 0.3) is 0 Å². The Labute approximate surface area is 74.2 Å². The topological polar surface area (TPSA) is 66.0 Å². The number of fused-ring (bicyclic) bond motifs is 1. The van der Waals surface area contributed by atoms with Crippen molar-refractivity contribution in [1.29, 1.82) is 0 Å². The lowest BCUT2D eigenvalue weighted by molar-refractivity contribution is -0.136. The van der Waals surface area contributed by atoms with Crippen LogP contribution >= 0.6 is 0 Å². The second-order valence-electron chi connectivity index (χ2n) is 2.83. The van der Waals surface area contributed by atoms with Gasteiger partial charge in [-0.2, -0.15) is 0 Å². The van der Waals surface area contributed by atoms with Crippen molar-refractivity contribution < 1.29 is 9.90 Å². The van der Waals surface area contributed by atoms with Gasteiger partial charge in [-0.25, -0.2) is 4.98 Å². The van der Waals surface area contributed by atoms with E-state index in [1.54, 1.807) is 12.4 Å². The van der Waals surface area contributed by atoms with Gasteiger partial charge in [0, 0.05) is 17.8 Å². The lowest BCUT2D eigenvalue weighted by Crippen LogP contribution is -2.00. The van der Waals surface area contributed by atoms with E-state index in [0.29, 0.717) is 0 Å². The van der Waals surface area contributed by atoms with Gasteiger partial charge in [0.15, 0.2) is 0 Å². The Morgan fingerprint density at radius 1 is 1.62 bits per heavy atom. The molecule has 0 saturated heterocycles. The van der Waals surface area contributed by atoms with Crippen molar-refractivity contribution in [2.75, 3.05) is 0 Å². The zero-order valence-corrected chi connectivity index (χ0v) is 6.82. The predicted molar refractivity (Wildman–Crippen MR) is 47.4 cm³/mol. The molecule has 2 heterocycles. The van der Waals surface area contributed by atoms with Crippen molar-refractivity contribution in [3.63, 3.8) is 0 Å². The van der Waals surface area contributed by atoms with Gasteiger partial charge in [-0.3, -0.25) is 4.79 Å². The first-order chi connectivity index (χ1) is 6.25. The molecule has 2 aromatic heterocycles.